The van der Waals surface area contributed by atoms with E-state index in [1.807, 2.05) is 19.2 Å². The molecule has 1 fully saturated rings. The molecule has 120 valence electrons. The van der Waals surface area contributed by atoms with Crippen LogP contribution in [-0.2, 0) is 6.54 Å². The van der Waals surface area contributed by atoms with E-state index < -0.39 is 0 Å². The van der Waals surface area contributed by atoms with Gasteiger partial charge in [0.05, 0.1) is 23.3 Å². The van der Waals surface area contributed by atoms with Crippen molar-refractivity contribution in [2.45, 2.75) is 32.4 Å². The molecule has 0 radical (unpaired) electrons. The number of aryl methyl sites for hydroxylation is 1. The molecule has 4 rings (SSSR count). The van der Waals surface area contributed by atoms with Gasteiger partial charge in [-0.2, -0.15) is 5.10 Å². The van der Waals surface area contributed by atoms with E-state index in [2.05, 4.69) is 26.8 Å². The van der Waals surface area contributed by atoms with Gasteiger partial charge in [0, 0.05) is 10.9 Å². The Hall–Kier alpha value is -1.77. The summed E-state index contributed by atoms with van der Waals surface area (Å²) < 4.78 is 1.76. The van der Waals surface area contributed by atoms with Crippen LogP contribution in [0.4, 0.5) is 0 Å². The lowest BCUT2D eigenvalue weighted by molar-refractivity contribution is 0.0954. The van der Waals surface area contributed by atoms with Crippen LogP contribution >= 0.6 is 22.7 Å². The van der Waals surface area contributed by atoms with Crippen LogP contribution in [0.3, 0.4) is 0 Å². The summed E-state index contributed by atoms with van der Waals surface area (Å²) in [6.45, 7) is 3.44. The Bertz CT molecular complexity index is 812. The number of rotatable bonds is 4. The summed E-state index contributed by atoms with van der Waals surface area (Å²) in [5, 5.41) is 11.7. The number of nitrogens with zero attached hydrogens (tertiary/aromatic N) is 3. The van der Waals surface area contributed by atoms with Crippen LogP contribution in [0.1, 0.15) is 44.1 Å². The molecule has 4 heterocycles. The van der Waals surface area contributed by atoms with Gasteiger partial charge in [-0.25, -0.2) is 9.50 Å². The lowest BCUT2D eigenvalue weighted by Crippen LogP contribution is -2.22. The van der Waals surface area contributed by atoms with Gasteiger partial charge in [0.2, 0.25) is 4.96 Å². The number of hydrogen-bond acceptors (Lipinski definition) is 6. The van der Waals surface area contributed by atoms with Crippen molar-refractivity contribution in [3.05, 3.63) is 38.8 Å². The molecule has 0 bridgehead atoms. The molecule has 1 saturated heterocycles. The van der Waals surface area contributed by atoms with Crippen molar-refractivity contribution in [2.24, 2.45) is 0 Å². The molecule has 0 aromatic carbocycles. The Balaban J connectivity index is 1.40. The first-order chi connectivity index (χ1) is 11.2. The predicted octanol–water partition coefficient (Wildman–Crippen LogP) is 2.52. The number of amides is 1. The normalized spacial score (nSPS) is 17.9. The lowest BCUT2D eigenvalue weighted by Gasteiger charge is -2.06. The first-order valence-corrected chi connectivity index (χ1v) is 9.25. The average Bonchev–Trinajstić information content (AvgIpc) is 3.27. The highest BCUT2D eigenvalue weighted by Crippen LogP contribution is 2.29. The fourth-order valence-corrected chi connectivity index (χ4v) is 4.55. The zero-order valence-corrected chi connectivity index (χ0v) is 14.3. The molecule has 6 nitrogen and oxygen atoms in total. The van der Waals surface area contributed by atoms with E-state index in [1.54, 1.807) is 27.2 Å². The monoisotopic (exact) mass is 347 g/mol. The molecular formula is C15H17N5OS2. The standard InChI is InChI=1S/C15H17N5OS2/c1-9-19-20-8-10(18-15(20)22-9)7-17-14(21)13-5-4-12(23-13)11-3-2-6-16-11/h4-5,8,11,16H,2-3,6-7H2,1H3,(H,17,21). The summed E-state index contributed by atoms with van der Waals surface area (Å²) in [4.78, 5) is 19.6. The fourth-order valence-electron chi connectivity index (χ4n) is 2.78. The molecule has 8 heteroatoms. The number of nitrogens with one attached hydrogen (secondary N) is 2. The molecule has 1 atom stereocenters. The highest BCUT2D eigenvalue weighted by Gasteiger charge is 2.19. The van der Waals surface area contributed by atoms with Crippen LogP contribution in [0.15, 0.2) is 18.3 Å². The third-order valence-electron chi connectivity index (χ3n) is 3.88. The Morgan fingerprint density at radius 3 is 3.17 bits per heavy atom. The first kappa shape index (κ1) is 14.8. The van der Waals surface area contributed by atoms with Gasteiger partial charge < -0.3 is 10.6 Å². The number of carbonyl (C=O) groups excluding carboxylic acids is 1. The lowest BCUT2D eigenvalue weighted by atomic mass is 10.2. The Morgan fingerprint density at radius 2 is 2.39 bits per heavy atom. The van der Waals surface area contributed by atoms with E-state index in [0.29, 0.717) is 12.6 Å². The summed E-state index contributed by atoms with van der Waals surface area (Å²) >= 11 is 3.12. The highest BCUT2D eigenvalue weighted by atomic mass is 32.1. The molecule has 0 saturated carbocycles. The molecule has 1 aliphatic rings. The van der Waals surface area contributed by atoms with Crippen LogP contribution < -0.4 is 10.6 Å². The van der Waals surface area contributed by atoms with Crippen LogP contribution in [-0.4, -0.2) is 27.0 Å². The summed E-state index contributed by atoms with van der Waals surface area (Å²) in [6, 6.07) is 4.38. The number of fused-ring (bicyclic) bond motifs is 1. The number of aromatic nitrogens is 3. The third-order valence-corrected chi connectivity index (χ3v) is 5.91. The van der Waals surface area contributed by atoms with Crippen molar-refractivity contribution < 1.29 is 4.79 Å². The van der Waals surface area contributed by atoms with Crippen molar-refractivity contribution in [1.29, 1.82) is 0 Å². The van der Waals surface area contributed by atoms with Gasteiger partial charge in [-0.1, -0.05) is 11.3 Å². The second-order valence-corrected chi connectivity index (χ2v) is 7.89. The third kappa shape index (κ3) is 3.01. The van der Waals surface area contributed by atoms with Crippen molar-refractivity contribution in [1.82, 2.24) is 25.2 Å². The van der Waals surface area contributed by atoms with Crippen LogP contribution in [0.5, 0.6) is 0 Å². The van der Waals surface area contributed by atoms with Crippen molar-refractivity contribution in [3.8, 4) is 0 Å². The molecular weight excluding hydrogens is 330 g/mol. The Kier molecular flexibility index (Phi) is 3.88. The topological polar surface area (TPSA) is 71.3 Å². The highest BCUT2D eigenvalue weighted by molar-refractivity contribution is 7.16. The largest absolute Gasteiger partial charge is 0.346 e. The van der Waals surface area contributed by atoms with Gasteiger partial charge in [0.1, 0.15) is 5.01 Å². The second-order valence-electron chi connectivity index (χ2n) is 5.61. The fraction of sp³-hybridized carbons (Fsp3) is 0.400. The quantitative estimate of drug-likeness (QED) is 0.761. The second kappa shape index (κ2) is 6.03. The summed E-state index contributed by atoms with van der Waals surface area (Å²) in [5.74, 6) is -0.0419. The van der Waals surface area contributed by atoms with Crippen LogP contribution in [0.25, 0.3) is 4.96 Å². The van der Waals surface area contributed by atoms with Crippen LogP contribution in [0.2, 0.25) is 0 Å². The van der Waals surface area contributed by atoms with Gasteiger partial charge in [0.25, 0.3) is 5.91 Å². The Labute approximate surface area is 141 Å². The molecule has 2 N–H and O–H groups in total. The molecule has 3 aromatic heterocycles. The van der Waals surface area contributed by atoms with E-state index in [4.69, 9.17) is 0 Å². The van der Waals surface area contributed by atoms with Crippen molar-refractivity contribution in [2.75, 3.05) is 6.54 Å². The minimum absolute atomic E-state index is 0.0419. The first-order valence-electron chi connectivity index (χ1n) is 7.62. The zero-order valence-electron chi connectivity index (χ0n) is 12.7. The van der Waals surface area contributed by atoms with Crippen LogP contribution in [0, 0.1) is 6.92 Å². The maximum absolute atomic E-state index is 12.3. The number of thiophene rings is 1. The molecule has 1 amide bonds. The summed E-state index contributed by atoms with van der Waals surface area (Å²) in [5.41, 5.74) is 0.825. The predicted molar refractivity (Wildman–Crippen MR) is 91.1 cm³/mol. The van der Waals surface area contributed by atoms with Gasteiger partial charge in [-0.3, -0.25) is 4.79 Å². The van der Waals surface area contributed by atoms with Crippen molar-refractivity contribution >= 4 is 33.5 Å². The van der Waals surface area contributed by atoms with Gasteiger partial charge in [-0.15, -0.1) is 11.3 Å². The van der Waals surface area contributed by atoms with Gasteiger partial charge in [0.15, 0.2) is 0 Å². The average molecular weight is 347 g/mol. The van der Waals surface area contributed by atoms with Crippen molar-refractivity contribution in [3.63, 3.8) is 0 Å². The molecule has 3 aromatic rings. The number of imidazole rings is 1. The van der Waals surface area contributed by atoms with E-state index in [1.165, 1.54) is 11.3 Å². The van der Waals surface area contributed by atoms with E-state index >= 15 is 0 Å². The molecule has 0 spiro atoms. The maximum atomic E-state index is 12.3. The SMILES string of the molecule is Cc1nn2cc(CNC(=O)c3ccc(C4CCCN4)s3)nc2s1. The summed E-state index contributed by atoms with van der Waals surface area (Å²) in [6.07, 6.45) is 4.22. The van der Waals surface area contributed by atoms with E-state index in [9.17, 15) is 4.79 Å². The molecule has 1 aliphatic heterocycles. The number of hydrogen-bond donors (Lipinski definition) is 2. The maximum Gasteiger partial charge on any atom is 0.261 e. The molecule has 23 heavy (non-hydrogen) atoms. The number of carbonyl (C=O) groups is 1. The molecule has 0 aliphatic carbocycles. The minimum atomic E-state index is -0.0419. The smallest absolute Gasteiger partial charge is 0.261 e. The molecule has 1 unspecified atom stereocenters. The summed E-state index contributed by atoms with van der Waals surface area (Å²) in [7, 11) is 0. The van der Waals surface area contributed by atoms with Gasteiger partial charge >= 0.3 is 0 Å². The minimum Gasteiger partial charge on any atom is -0.346 e. The zero-order chi connectivity index (χ0) is 15.8. The Morgan fingerprint density at radius 1 is 1.48 bits per heavy atom. The van der Waals surface area contributed by atoms with E-state index in [-0.39, 0.29) is 5.91 Å². The van der Waals surface area contributed by atoms with Gasteiger partial charge in [-0.05, 0) is 38.4 Å². The van der Waals surface area contributed by atoms with E-state index in [0.717, 1.165) is 33.5 Å².